The van der Waals surface area contributed by atoms with E-state index in [1.54, 1.807) is 22.6 Å². The second-order valence-electron chi connectivity index (χ2n) is 7.64. The van der Waals surface area contributed by atoms with Gasteiger partial charge in [0.05, 0.1) is 16.6 Å². The van der Waals surface area contributed by atoms with Crippen molar-refractivity contribution >= 4 is 16.9 Å². The van der Waals surface area contributed by atoms with Crippen LogP contribution in [0.15, 0.2) is 36.4 Å². The summed E-state index contributed by atoms with van der Waals surface area (Å²) < 4.78 is 41.4. The average Bonchev–Trinajstić information content (AvgIpc) is 2.68. The van der Waals surface area contributed by atoms with Gasteiger partial charge in [-0.3, -0.25) is 10.2 Å². The highest BCUT2D eigenvalue weighted by molar-refractivity contribution is 5.92. The molecule has 0 atom stereocenters. The molecule has 0 spiro atoms. The van der Waals surface area contributed by atoms with Crippen LogP contribution in [0.1, 0.15) is 32.7 Å². The third-order valence-electron chi connectivity index (χ3n) is 5.31. The minimum Gasteiger partial charge on any atom is -0.364 e. The number of primary amides is 1. The van der Waals surface area contributed by atoms with Gasteiger partial charge in [0.15, 0.2) is 11.2 Å². The van der Waals surface area contributed by atoms with E-state index in [0.717, 1.165) is 17.2 Å². The van der Waals surface area contributed by atoms with Crippen LogP contribution in [0.4, 0.5) is 13.2 Å². The maximum atomic E-state index is 13.3. The molecule has 0 saturated heterocycles. The molecule has 0 unspecified atom stereocenters. The number of alkyl halides is 3. The first-order valence-corrected chi connectivity index (χ1v) is 9.69. The molecule has 164 valence electrons. The van der Waals surface area contributed by atoms with Gasteiger partial charge >= 0.3 is 6.18 Å². The number of amides is 1. The van der Waals surface area contributed by atoms with Gasteiger partial charge in [-0.05, 0) is 55.8 Å². The fraction of sp³-hybridized carbons (Fsp3) is 0.318. The highest BCUT2D eigenvalue weighted by atomic mass is 19.4. The van der Waals surface area contributed by atoms with Crippen molar-refractivity contribution in [1.29, 1.82) is 5.41 Å². The zero-order valence-electron chi connectivity index (χ0n) is 17.5. The number of rotatable bonds is 6. The number of carbonyl (C=O) groups excluding carboxylic acids is 1. The van der Waals surface area contributed by atoms with E-state index in [1.807, 2.05) is 26.0 Å². The van der Waals surface area contributed by atoms with Crippen molar-refractivity contribution in [3.8, 4) is 0 Å². The molecule has 9 heteroatoms. The van der Waals surface area contributed by atoms with Gasteiger partial charge in [-0.25, -0.2) is 4.98 Å². The minimum absolute atomic E-state index is 0.0907. The molecule has 3 N–H and O–H groups in total. The molecule has 0 aliphatic carbocycles. The Morgan fingerprint density at radius 2 is 1.84 bits per heavy atom. The number of likely N-dealkylation sites (N-methyl/N-ethyl adjacent to an activating group) is 1. The molecular formula is C22H24F3N5O. The van der Waals surface area contributed by atoms with Gasteiger partial charge < -0.3 is 15.2 Å². The van der Waals surface area contributed by atoms with Gasteiger partial charge in [-0.2, -0.15) is 13.2 Å². The number of hydrogen-bond donors (Lipinski definition) is 2. The Balaban J connectivity index is 1.92. The Kier molecular flexibility index (Phi) is 6.17. The first-order chi connectivity index (χ1) is 14.5. The van der Waals surface area contributed by atoms with E-state index < -0.39 is 17.6 Å². The zero-order valence-corrected chi connectivity index (χ0v) is 17.5. The molecule has 6 nitrogen and oxygen atoms in total. The third kappa shape index (κ3) is 4.77. The lowest BCUT2D eigenvalue weighted by Crippen LogP contribution is -2.34. The van der Waals surface area contributed by atoms with Crippen molar-refractivity contribution in [1.82, 2.24) is 14.5 Å². The van der Waals surface area contributed by atoms with Crippen LogP contribution in [0, 0.1) is 19.3 Å². The minimum atomic E-state index is -4.42. The predicted octanol–water partition coefficient (Wildman–Crippen LogP) is 3.38. The first-order valence-electron chi connectivity index (χ1n) is 9.69. The summed E-state index contributed by atoms with van der Waals surface area (Å²) in [6.07, 6.45) is -4.42. The molecule has 1 amide bonds. The second-order valence-corrected chi connectivity index (χ2v) is 7.64. The summed E-state index contributed by atoms with van der Waals surface area (Å²) in [5.74, 6) is -0.800. The predicted molar refractivity (Wildman–Crippen MR) is 111 cm³/mol. The monoisotopic (exact) mass is 431 g/mol. The molecule has 0 bridgehead atoms. The second kappa shape index (κ2) is 8.50. The summed E-state index contributed by atoms with van der Waals surface area (Å²) in [6.45, 7) is 4.59. The maximum Gasteiger partial charge on any atom is 0.416 e. The Morgan fingerprint density at radius 3 is 2.48 bits per heavy atom. The topological polar surface area (TPSA) is 88.0 Å². The largest absolute Gasteiger partial charge is 0.416 e. The van der Waals surface area contributed by atoms with Crippen molar-refractivity contribution in [3.63, 3.8) is 0 Å². The number of hydrogen-bond acceptors (Lipinski definition) is 4. The number of fused-ring (bicyclic) bond motifs is 1. The lowest BCUT2D eigenvalue weighted by molar-refractivity contribution is -0.138. The SMILES string of the molecule is Cc1cc2nc(C(N)=O)c(=N)n(CCN(C)Cc3ccccc3C(F)(F)F)c2cc1C. The quantitative estimate of drug-likeness (QED) is 0.627. The van der Waals surface area contributed by atoms with Gasteiger partial charge in [0.25, 0.3) is 5.91 Å². The maximum absolute atomic E-state index is 13.3. The molecule has 1 aromatic heterocycles. The van der Waals surface area contributed by atoms with Crippen LogP contribution in [0.25, 0.3) is 11.0 Å². The number of halogens is 3. The summed E-state index contributed by atoms with van der Waals surface area (Å²) in [6, 6.07) is 9.20. The smallest absolute Gasteiger partial charge is 0.364 e. The van der Waals surface area contributed by atoms with Crippen molar-refractivity contribution in [2.24, 2.45) is 5.73 Å². The van der Waals surface area contributed by atoms with E-state index in [4.69, 9.17) is 11.1 Å². The summed E-state index contributed by atoms with van der Waals surface area (Å²) in [4.78, 5) is 17.8. The normalized spacial score (nSPS) is 12.0. The molecule has 0 fully saturated rings. The number of aromatic nitrogens is 2. The molecule has 0 radical (unpaired) electrons. The Hall–Kier alpha value is -3.20. The van der Waals surface area contributed by atoms with Crippen LogP contribution >= 0.6 is 0 Å². The van der Waals surface area contributed by atoms with E-state index in [-0.39, 0.29) is 29.8 Å². The first kappa shape index (κ1) is 22.5. The van der Waals surface area contributed by atoms with E-state index in [0.29, 0.717) is 17.6 Å². The standard InChI is InChI=1S/C22H24F3N5O/c1-13-10-17-18(11-14(13)2)30(20(26)19(28-17)21(27)31)9-8-29(3)12-15-6-4-5-7-16(15)22(23,24)25/h4-7,10-11,26H,8-9,12H2,1-3H3,(H2,27,31). The fourth-order valence-corrected chi connectivity index (χ4v) is 3.49. The van der Waals surface area contributed by atoms with Crippen molar-refractivity contribution < 1.29 is 18.0 Å². The van der Waals surface area contributed by atoms with Crippen LogP contribution in [0.3, 0.4) is 0 Å². The molecular weight excluding hydrogens is 407 g/mol. The van der Waals surface area contributed by atoms with Gasteiger partial charge in [-0.1, -0.05) is 18.2 Å². The lowest BCUT2D eigenvalue weighted by atomic mass is 10.1. The molecule has 3 rings (SSSR count). The van der Waals surface area contributed by atoms with Gasteiger partial charge in [0.1, 0.15) is 0 Å². The molecule has 0 aliphatic heterocycles. The van der Waals surface area contributed by atoms with Crippen LogP contribution in [-0.4, -0.2) is 34.0 Å². The third-order valence-corrected chi connectivity index (χ3v) is 5.31. The summed E-state index contributed by atoms with van der Waals surface area (Å²) in [5.41, 5.74) is 7.86. The Labute approximate surface area is 177 Å². The number of nitrogens with zero attached hydrogens (tertiary/aromatic N) is 3. The van der Waals surface area contributed by atoms with Crippen LogP contribution in [0.2, 0.25) is 0 Å². The molecule has 31 heavy (non-hydrogen) atoms. The molecule has 1 heterocycles. The number of nitrogens with one attached hydrogen (secondary N) is 1. The molecule has 0 aliphatic rings. The lowest BCUT2D eigenvalue weighted by Gasteiger charge is -2.21. The Morgan fingerprint density at radius 1 is 1.19 bits per heavy atom. The number of nitrogens with two attached hydrogens (primary N) is 1. The van der Waals surface area contributed by atoms with Gasteiger partial charge in [-0.15, -0.1) is 0 Å². The van der Waals surface area contributed by atoms with E-state index >= 15 is 0 Å². The van der Waals surface area contributed by atoms with Crippen LogP contribution in [-0.2, 0) is 19.3 Å². The van der Waals surface area contributed by atoms with Gasteiger partial charge in [0.2, 0.25) is 0 Å². The number of aryl methyl sites for hydroxylation is 2. The molecule has 0 saturated carbocycles. The average molecular weight is 431 g/mol. The van der Waals surface area contributed by atoms with Gasteiger partial charge in [0, 0.05) is 19.6 Å². The summed E-state index contributed by atoms with van der Waals surface area (Å²) in [7, 11) is 1.71. The van der Waals surface area contributed by atoms with Crippen LogP contribution in [0.5, 0.6) is 0 Å². The Bertz CT molecular complexity index is 1200. The van der Waals surface area contributed by atoms with E-state index in [1.165, 1.54) is 12.1 Å². The van der Waals surface area contributed by atoms with Crippen molar-refractivity contribution in [2.75, 3.05) is 13.6 Å². The molecule has 3 aromatic rings. The number of carbonyl (C=O) groups is 1. The summed E-state index contributed by atoms with van der Waals surface area (Å²) in [5, 5.41) is 8.40. The van der Waals surface area contributed by atoms with E-state index in [9.17, 15) is 18.0 Å². The number of benzene rings is 2. The zero-order chi connectivity index (χ0) is 22.9. The molecule has 2 aromatic carbocycles. The van der Waals surface area contributed by atoms with Crippen molar-refractivity contribution in [3.05, 3.63) is 69.8 Å². The van der Waals surface area contributed by atoms with Crippen molar-refractivity contribution in [2.45, 2.75) is 33.1 Å². The highest BCUT2D eigenvalue weighted by Gasteiger charge is 2.33. The summed E-state index contributed by atoms with van der Waals surface area (Å²) >= 11 is 0. The van der Waals surface area contributed by atoms with Crippen LogP contribution < -0.4 is 11.2 Å². The van der Waals surface area contributed by atoms with E-state index in [2.05, 4.69) is 4.98 Å². The highest BCUT2D eigenvalue weighted by Crippen LogP contribution is 2.32. The fourth-order valence-electron chi connectivity index (χ4n) is 3.49.